The molecule has 0 radical (unpaired) electrons. The normalized spacial score (nSPS) is 10.3. The number of amides is 1. The molecule has 0 fully saturated rings. The maximum atomic E-state index is 12.0. The average Bonchev–Trinajstić information content (AvgIpc) is 2.66. The van der Waals surface area contributed by atoms with E-state index in [2.05, 4.69) is 10.3 Å². The monoisotopic (exact) mass is 350 g/mol. The molecule has 0 unspecified atom stereocenters. The topological polar surface area (TPSA) is 77.5 Å². The summed E-state index contributed by atoms with van der Waals surface area (Å²) in [6.07, 6.45) is 1.68. The number of rotatable bonds is 6. The smallest absolute Gasteiger partial charge is 0.344 e. The van der Waals surface area contributed by atoms with Crippen LogP contribution in [0.2, 0.25) is 0 Å². The third kappa shape index (κ3) is 4.36. The van der Waals surface area contributed by atoms with Crippen LogP contribution in [0.1, 0.15) is 5.56 Å². The van der Waals surface area contributed by atoms with E-state index < -0.39 is 11.9 Å². The first kappa shape index (κ1) is 17.4. The summed E-state index contributed by atoms with van der Waals surface area (Å²) in [5.41, 5.74) is 2.31. The SMILES string of the molecule is Cc1ccccc1OCC(=O)OCC(=O)Nc1cccc2ncccc12. The first-order valence-electron chi connectivity index (χ1n) is 8.11. The molecule has 0 spiro atoms. The van der Waals surface area contributed by atoms with Crippen LogP contribution in [0.15, 0.2) is 60.8 Å². The molecule has 1 heterocycles. The molecule has 3 rings (SSSR count). The Labute approximate surface area is 150 Å². The molecule has 0 bridgehead atoms. The number of esters is 1. The van der Waals surface area contributed by atoms with E-state index in [4.69, 9.17) is 9.47 Å². The largest absolute Gasteiger partial charge is 0.482 e. The molecule has 0 aliphatic heterocycles. The fourth-order valence-corrected chi connectivity index (χ4v) is 2.44. The lowest BCUT2D eigenvalue weighted by Crippen LogP contribution is -2.23. The van der Waals surface area contributed by atoms with E-state index in [0.717, 1.165) is 16.5 Å². The van der Waals surface area contributed by atoms with Crippen LogP contribution >= 0.6 is 0 Å². The van der Waals surface area contributed by atoms with Gasteiger partial charge in [-0.1, -0.05) is 24.3 Å². The van der Waals surface area contributed by atoms with Crippen molar-refractivity contribution < 1.29 is 19.1 Å². The summed E-state index contributed by atoms with van der Waals surface area (Å²) >= 11 is 0. The van der Waals surface area contributed by atoms with Crippen LogP contribution in [0.3, 0.4) is 0 Å². The van der Waals surface area contributed by atoms with Gasteiger partial charge in [-0.2, -0.15) is 0 Å². The van der Waals surface area contributed by atoms with Gasteiger partial charge in [0.25, 0.3) is 5.91 Å². The fraction of sp³-hybridized carbons (Fsp3) is 0.150. The van der Waals surface area contributed by atoms with E-state index >= 15 is 0 Å². The highest BCUT2D eigenvalue weighted by atomic mass is 16.6. The molecular weight excluding hydrogens is 332 g/mol. The quantitative estimate of drug-likeness (QED) is 0.691. The van der Waals surface area contributed by atoms with E-state index in [-0.39, 0.29) is 13.2 Å². The Hall–Kier alpha value is -3.41. The summed E-state index contributed by atoms with van der Waals surface area (Å²) in [6.45, 7) is 1.25. The minimum absolute atomic E-state index is 0.254. The summed E-state index contributed by atoms with van der Waals surface area (Å²) in [6, 6.07) is 16.4. The summed E-state index contributed by atoms with van der Waals surface area (Å²) in [5.74, 6) is -0.425. The van der Waals surface area contributed by atoms with Crippen molar-refractivity contribution in [2.24, 2.45) is 0 Å². The molecular formula is C20H18N2O4. The molecule has 3 aromatic rings. The Bertz CT molecular complexity index is 935. The van der Waals surface area contributed by atoms with Crippen molar-refractivity contribution in [3.63, 3.8) is 0 Å². The summed E-state index contributed by atoms with van der Waals surface area (Å²) < 4.78 is 10.4. The first-order chi connectivity index (χ1) is 12.6. The molecule has 26 heavy (non-hydrogen) atoms. The van der Waals surface area contributed by atoms with E-state index in [1.807, 2.05) is 37.3 Å². The van der Waals surface area contributed by atoms with Crippen molar-refractivity contribution in [3.05, 3.63) is 66.4 Å². The number of carbonyl (C=O) groups excluding carboxylic acids is 2. The van der Waals surface area contributed by atoms with Crippen molar-refractivity contribution in [1.29, 1.82) is 0 Å². The van der Waals surface area contributed by atoms with Gasteiger partial charge in [0.1, 0.15) is 5.75 Å². The number of pyridine rings is 1. The van der Waals surface area contributed by atoms with E-state index in [0.29, 0.717) is 11.4 Å². The second-order valence-corrected chi connectivity index (χ2v) is 5.64. The standard InChI is InChI=1S/C20H18N2O4/c1-14-6-2-3-10-18(14)25-13-20(24)26-12-19(23)22-17-9-4-8-16-15(17)7-5-11-21-16/h2-11H,12-13H2,1H3,(H,22,23). The summed E-state index contributed by atoms with van der Waals surface area (Å²) in [5, 5.41) is 3.54. The van der Waals surface area contributed by atoms with Crippen molar-refractivity contribution in [2.75, 3.05) is 18.5 Å². The maximum absolute atomic E-state index is 12.0. The molecule has 1 amide bonds. The average molecular weight is 350 g/mol. The summed E-state index contributed by atoms with van der Waals surface area (Å²) in [7, 11) is 0. The van der Waals surface area contributed by atoms with Crippen LogP contribution in [0.25, 0.3) is 10.9 Å². The zero-order valence-electron chi connectivity index (χ0n) is 14.3. The number of hydrogen-bond acceptors (Lipinski definition) is 5. The predicted molar refractivity (Wildman–Crippen MR) is 98.0 cm³/mol. The number of benzene rings is 2. The molecule has 6 nitrogen and oxygen atoms in total. The van der Waals surface area contributed by atoms with Gasteiger partial charge in [-0.15, -0.1) is 0 Å². The van der Waals surface area contributed by atoms with Crippen molar-refractivity contribution in [3.8, 4) is 5.75 Å². The van der Waals surface area contributed by atoms with Gasteiger partial charge in [0.05, 0.1) is 11.2 Å². The molecule has 0 saturated carbocycles. The number of nitrogens with one attached hydrogen (secondary N) is 1. The number of anilines is 1. The van der Waals surface area contributed by atoms with E-state index in [9.17, 15) is 9.59 Å². The zero-order valence-corrected chi connectivity index (χ0v) is 14.3. The predicted octanol–water partition coefficient (Wildman–Crippen LogP) is 3.10. The number of carbonyl (C=O) groups is 2. The Morgan fingerprint density at radius 3 is 2.69 bits per heavy atom. The zero-order chi connectivity index (χ0) is 18.4. The van der Waals surface area contributed by atoms with Gasteiger partial charge in [0, 0.05) is 11.6 Å². The van der Waals surface area contributed by atoms with Crippen molar-refractivity contribution in [2.45, 2.75) is 6.92 Å². The number of hydrogen-bond donors (Lipinski definition) is 1. The van der Waals surface area contributed by atoms with Gasteiger partial charge in [0.2, 0.25) is 0 Å². The Balaban J connectivity index is 1.50. The second kappa shape index (κ2) is 8.11. The molecule has 0 aliphatic carbocycles. The lowest BCUT2D eigenvalue weighted by molar-refractivity contribution is -0.149. The minimum Gasteiger partial charge on any atom is -0.482 e. The molecule has 2 aromatic carbocycles. The number of fused-ring (bicyclic) bond motifs is 1. The first-order valence-corrected chi connectivity index (χ1v) is 8.11. The Kier molecular flexibility index (Phi) is 5.43. The lowest BCUT2D eigenvalue weighted by atomic mass is 10.2. The van der Waals surface area contributed by atoms with Gasteiger partial charge < -0.3 is 14.8 Å². The highest BCUT2D eigenvalue weighted by Crippen LogP contribution is 2.21. The van der Waals surface area contributed by atoms with Gasteiger partial charge in [0.15, 0.2) is 13.2 Å². The van der Waals surface area contributed by atoms with Crippen molar-refractivity contribution >= 4 is 28.5 Å². The van der Waals surface area contributed by atoms with Crippen LogP contribution in [-0.2, 0) is 14.3 Å². The molecule has 6 heteroatoms. The van der Waals surface area contributed by atoms with Gasteiger partial charge in [-0.3, -0.25) is 9.78 Å². The van der Waals surface area contributed by atoms with Crippen LogP contribution in [0, 0.1) is 6.92 Å². The van der Waals surface area contributed by atoms with Crippen LogP contribution in [0.4, 0.5) is 5.69 Å². The third-order valence-corrected chi connectivity index (χ3v) is 3.72. The van der Waals surface area contributed by atoms with Crippen LogP contribution in [-0.4, -0.2) is 30.1 Å². The molecule has 132 valence electrons. The molecule has 1 N–H and O–H groups in total. The maximum Gasteiger partial charge on any atom is 0.344 e. The number of nitrogens with zero attached hydrogens (tertiary/aromatic N) is 1. The highest BCUT2D eigenvalue weighted by Gasteiger charge is 2.11. The van der Waals surface area contributed by atoms with Crippen LogP contribution < -0.4 is 10.1 Å². The molecule has 1 aromatic heterocycles. The number of para-hydroxylation sites is 1. The lowest BCUT2D eigenvalue weighted by Gasteiger charge is -2.10. The fourth-order valence-electron chi connectivity index (χ4n) is 2.44. The van der Waals surface area contributed by atoms with E-state index in [1.165, 1.54) is 0 Å². The third-order valence-electron chi connectivity index (χ3n) is 3.72. The number of ether oxygens (including phenoxy) is 2. The van der Waals surface area contributed by atoms with Crippen LogP contribution in [0.5, 0.6) is 5.75 Å². The second-order valence-electron chi connectivity index (χ2n) is 5.64. The van der Waals surface area contributed by atoms with E-state index in [1.54, 1.807) is 30.5 Å². The van der Waals surface area contributed by atoms with Crippen molar-refractivity contribution in [1.82, 2.24) is 4.98 Å². The Morgan fingerprint density at radius 2 is 1.85 bits per heavy atom. The van der Waals surface area contributed by atoms with Gasteiger partial charge >= 0.3 is 5.97 Å². The highest BCUT2D eigenvalue weighted by molar-refractivity contribution is 6.01. The number of aromatic nitrogens is 1. The minimum atomic E-state index is -0.608. The summed E-state index contributed by atoms with van der Waals surface area (Å²) in [4.78, 5) is 28.0. The van der Waals surface area contributed by atoms with Gasteiger partial charge in [-0.05, 0) is 42.8 Å². The van der Waals surface area contributed by atoms with Gasteiger partial charge in [-0.25, -0.2) is 4.79 Å². The molecule has 0 atom stereocenters. The Morgan fingerprint density at radius 1 is 1.00 bits per heavy atom. The number of aryl methyl sites for hydroxylation is 1. The molecule has 0 aliphatic rings. The molecule has 0 saturated heterocycles.